The van der Waals surface area contributed by atoms with Crippen molar-refractivity contribution in [2.45, 2.75) is 32.6 Å². The summed E-state index contributed by atoms with van der Waals surface area (Å²) < 4.78 is 0. The minimum Gasteiger partial charge on any atom is -0.299 e. The third-order valence-electron chi connectivity index (χ3n) is 4.60. The molecule has 11 heavy (non-hydrogen) atoms. The van der Waals surface area contributed by atoms with Gasteiger partial charge >= 0.3 is 0 Å². The maximum atomic E-state index is 11.4. The van der Waals surface area contributed by atoms with Crippen LogP contribution < -0.4 is 0 Å². The van der Waals surface area contributed by atoms with Crippen LogP contribution in [0.3, 0.4) is 0 Å². The first-order valence-corrected chi connectivity index (χ1v) is 4.74. The predicted molar refractivity (Wildman–Crippen MR) is 42.1 cm³/mol. The van der Waals surface area contributed by atoms with E-state index in [4.69, 9.17) is 0 Å². The third-order valence-corrected chi connectivity index (χ3v) is 4.60. The summed E-state index contributed by atoms with van der Waals surface area (Å²) in [6.45, 7) is 2.35. The maximum Gasteiger partial charge on any atom is 0.136 e. The zero-order chi connectivity index (χ0) is 7.64. The molecule has 3 rings (SSSR count). The van der Waals surface area contributed by atoms with Crippen LogP contribution >= 0.6 is 0 Å². The number of Topliss-reactive ketones (excluding diaryl/α,β-unsaturated/α-hetero) is 1. The van der Waals surface area contributed by atoms with Gasteiger partial charge in [0.2, 0.25) is 0 Å². The second-order valence-electron chi connectivity index (χ2n) is 4.87. The van der Waals surface area contributed by atoms with Crippen molar-refractivity contribution in [1.82, 2.24) is 0 Å². The van der Waals surface area contributed by atoms with E-state index < -0.39 is 0 Å². The highest BCUT2D eigenvalue weighted by molar-refractivity contribution is 5.86. The van der Waals surface area contributed by atoms with Crippen molar-refractivity contribution >= 4 is 5.78 Å². The van der Waals surface area contributed by atoms with Crippen LogP contribution in [0.1, 0.15) is 32.6 Å². The Kier molecular flexibility index (Phi) is 0.875. The quantitative estimate of drug-likeness (QED) is 0.516. The van der Waals surface area contributed by atoms with E-state index in [0.29, 0.717) is 17.1 Å². The lowest BCUT2D eigenvalue weighted by Gasteiger charge is -2.26. The van der Waals surface area contributed by atoms with Gasteiger partial charge in [-0.2, -0.15) is 0 Å². The van der Waals surface area contributed by atoms with Gasteiger partial charge in [0.15, 0.2) is 0 Å². The van der Waals surface area contributed by atoms with Crippen molar-refractivity contribution in [3.05, 3.63) is 0 Å². The SMILES string of the molecule is CC12CC(=O)C3CC1CCC32. The van der Waals surface area contributed by atoms with E-state index in [2.05, 4.69) is 6.92 Å². The van der Waals surface area contributed by atoms with Gasteiger partial charge in [-0.3, -0.25) is 4.79 Å². The summed E-state index contributed by atoms with van der Waals surface area (Å²) in [5.41, 5.74) is 0.460. The molecule has 0 radical (unpaired) electrons. The van der Waals surface area contributed by atoms with Crippen LogP contribution in [0.4, 0.5) is 0 Å². The van der Waals surface area contributed by atoms with Gasteiger partial charge in [-0.1, -0.05) is 6.92 Å². The van der Waals surface area contributed by atoms with Crippen molar-refractivity contribution in [3.63, 3.8) is 0 Å². The molecule has 0 aromatic carbocycles. The van der Waals surface area contributed by atoms with E-state index in [1.165, 1.54) is 19.3 Å². The van der Waals surface area contributed by atoms with Crippen molar-refractivity contribution in [2.24, 2.45) is 23.2 Å². The number of hydrogen-bond acceptors (Lipinski definition) is 1. The summed E-state index contributed by atoms with van der Waals surface area (Å²) >= 11 is 0. The summed E-state index contributed by atoms with van der Waals surface area (Å²) in [6.07, 6.45) is 4.90. The molecule has 0 spiro atoms. The number of hydrogen-bond donors (Lipinski definition) is 0. The summed E-state index contributed by atoms with van der Waals surface area (Å²) in [4.78, 5) is 11.4. The van der Waals surface area contributed by atoms with E-state index >= 15 is 0 Å². The zero-order valence-electron chi connectivity index (χ0n) is 6.97. The number of ketones is 1. The molecular formula is C10H14O. The minimum atomic E-state index is 0.460. The van der Waals surface area contributed by atoms with Crippen molar-refractivity contribution in [2.75, 3.05) is 0 Å². The molecule has 4 atom stereocenters. The van der Waals surface area contributed by atoms with E-state index in [1.54, 1.807) is 0 Å². The zero-order valence-corrected chi connectivity index (χ0v) is 6.97. The first-order valence-electron chi connectivity index (χ1n) is 4.74. The molecule has 0 aromatic heterocycles. The highest BCUT2D eigenvalue weighted by atomic mass is 16.1. The van der Waals surface area contributed by atoms with Gasteiger partial charge in [-0.25, -0.2) is 0 Å². The summed E-state index contributed by atoms with van der Waals surface area (Å²) in [7, 11) is 0. The molecule has 3 saturated carbocycles. The Hall–Kier alpha value is -0.330. The van der Waals surface area contributed by atoms with Gasteiger partial charge < -0.3 is 0 Å². The maximum absolute atomic E-state index is 11.4. The molecule has 0 heterocycles. The second-order valence-corrected chi connectivity index (χ2v) is 4.87. The van der Waals surface area contributed by atoms with E-state index in [0.717, 1.165) is 18.3 Å². The third kappa shape index (κ3) is 0.502. The summed E-state index contributed by atoms with van der Waals surface area (Å²) in [5.74, 6) is 2.78. The molecule has 1 nitrogen and oxygen atoms in total. The number of carbonyl (C=O) groups excluding carboxylic acids is 1. The lowest BCUT2D eigenvalue weighted by atomic mass is 9.77. The Balaban J connectivity index is 2.10. The molecule has 3 aliphatic rings. The fourth-order valence-corrected chi connectivity index (χ4v) is 4.00. The molecular weight excluding hydrogens is 136 g/mol. The largest absolute Gasteiger partial charge is 0.299 e. The Labute approximate surface area is 67.2 Å². The van der Waals surface area contributed by atoms with Crippen LogP contribution in [0, 0.1) is 23.2 Å². The van der Waals surface area contributed by atoms with Crippen LogP contribution in [0.15, 0.2) is 0 Å². The predicted octanol–water partition coefficient (Wildman–Crippen LogP) is 2.01. The molecule has 4 unspecified atom stereocenters. The Bertz CT molecular complexity index is 233. The number of carbonyl (C=O) groups is 1. The fourth-order valence-electron chi connectivity index (χ4n) is 4.00. The molecule has 0 N–H and O–H groups in total. The molecule has 0 aromatic rings. The lowest BCUT2D eigenvalue weighted by Crippen LogP contribution is -2.23. The molecule has 3 aliphatic carbocycles. The average Bonchev–Trinajstić information content (AvgIpc) is 2.49. The van der Waals surface area contributed by atoms with Gasteiger partial charge in [0, 0.05) is 12.3 Å². The van der Waals surface area contributed by atoms with Crippen LogP contribution in [0.5, 0.6) is 0 Å². The van der Waals surface area contributed by atoms with Crippen molar-refractivity contribution in [1.29, 1.82) is 0 Å². The molecule has 1 heteroatoms. The number of rotatable bonds is 0. The fraction of sp³-hybridized carbons (Fsp3) is 0.900. The Morgan fingerprint density at radius 2 is 2.27 bits per heavy atom. The molecule has 3 fully saturated rings. The van der Waals surface area contributed by atoms with Gasteiger partial charge in [0.25, 0.3) is 0 Å². The molecule has 0 saturated heterocycles. The minimum absolute atomic E-state index is 0.460. The highest BCUT2D eigenvalue weighted by Crippen LogP contribution is 2.67. The van der Waals surface area contributed by atoms with Crippen molar-refractivity contribution in [3.8, 4) is 0 Å². The van der Waals surface area contributed by atoms with Crippen LogP contribution in [-0.4, -0.2) is 5.78 Å². The first kappa shape index (κ1) is 6.22. The first-order chi connectivity index (χ1) is 5.22. The molecule has 60 valence electrons. The van der Waals surface area contributed by atoms with Crippen LogP contribution in [0.2, 0.25) is 0 Å². The van der Waals surface area contributed by atoms with Gasteiger partial charge in [-0.05, 0) is 36.5 Å². The molecule has 4 bridgehead atoms. The molecule has 0 aliphatic heterocycles. The van der Waals surface area contributed by atoms with Crippen LogP contribution in [-0.2, 0) is 4.79 Å². The second kappa shape index (κ2) is 1.55. The smallest absolute Gasteiger partial charge is 0.136 e. The van der Waals surface area contributed by atoms with Crippen LogP contribution in [0.25, 0.3) is 0 Å². The highest BCUT2D eigenvalue weighted by Gasteiger charge is 2.63. The standard InChI is InChI=1S/C10H14O/c1-10-5-9(11)7-4-6(10)2-3-8(7)10/h6-8H,2-5H2,1H3. The van der Waals surface area contributed by atoms with E-state index in [-0.39, 0.29) is 0 Å². The normalized spacial score (nSPS) is 59.4. The van der Waals surface area contributed by atoms with Gasteiger partial charge in [0.05, 0.1) is 0 Å². The van der Waals surface area contributed by atoms with E-state index in [1.807, 2.05) is 0 Å². The van der Waals surface area contributed by atoms with Crippen molar-refractivity contribution < 1.29 is 4.79 Å². The van der Waals surface area contributed by atoms with Gasteiger partial charge in [-0.15, -0.1) is 0 Å². The summed E-state index contributed by atoms with van der Waals surface area (Å²) in [5, 5.41) is 0. The van der Waals surface area contributed by atoms with Gasteiger partial charge in [0.1, 0.15) is 5.78 Å². The monoisotopic (exact) mass is 150 g/mol. The molecule has 0 amide bonds. The topological polar surface area (TPSA) is 17.1 Å². The Morgan fingerprint density at radius 3 is 2.82 bits per heavy atom. The Morgan fingerprint density at radius 1 is 1.45 bits per heavy atom. The lowest BCUT2D eigenvalue weighted by molar-refractivity contribution is -0.123. The average molecular weight is 150 g/mol. The summed E-state index contributed by atoms with van der Waals surface area (Å²) in [6, 6.07) is 0. The van der Waals surface area contributed by atoms with E-state index in [9.17, 15) is 4.79 Å².